The van der Waals surface area contributed by atoms with Crippen molar-refractivity contribution in [3.63, 3.8) is 0 Å². The molecule has 0 aliphatic heterocycles. The van der Waals surface area contributed by atoms with E-state index >= 15 is 0 Å². The van der Waals surface area contributed by atoms with Crippen LogP contribution in [-0.2, 0) is 6.42 Å². The zero-order valence-electron chi connectivity index (χ0n) is 16.4. The predicted octanol–water partition coefficient (Wildman–Crippen LogP) is 5.27. The lowest BCUT2D eigenvalue weighted by atomic mass is 9.73. The summed E-state index contributed by atoms with van der Waals surface area (Å²) in [5, 5.41) is 11.2. The van der Waals surface area contributed by atoms with E-state index < -0.39 is 6.10 Å². The number of aromatic nitrogens is 1. The second-order valence-corrected chi connectivity index (χ2v) is 8.87. The molecule has 1 atom stereocenters. The van der Waals surface area contributed by atoms with Crippen LogP contribution in [0.3, 0.4) is 0 Å². The number of aryl methyl sites for hydroxylation is 1. The molecule has 1 N–H and O–H groups in total. The third-order valence-corrected chi connectivity index (χ3v) is 5.96. The maximum Gasteiger partial charge on any atom is 0.165 e. The van der Waals surface area contributed by atoms with Crippen LogP contribution >= 0.6 is 0 Å². The van der Waals surface area contributed by atoms with Crippen LogP contribution in [0.25, 0.3) is 22.4 Å². The van der Waals surface area contributed by atoms with E-state index in [0.717, 1.165) is 51.2 Å². The van der Waals surface area contributed by atoms with Gasteiger partial charge in [-0.05, 0) is 29.9 Å². The van der Waals surface area contributed by atoms with Gasteiger partial charge in [0.1, 0.15) is 6.10 Å². The standard InChI is InChI=1S/C25H23NO2/c1-14-7-6-8-15(11-14)20-21-18(12-25(2,3)13-19(21)27)26-23-16-9-4-5-10-17(16)24(28)22(20)23/h4-11,24,28H,12-13H2,1-3H3/t24-/m1/s1. The van der Waals surface area contributed by atoms with Gasteiger partial charge >= 0.3 is 0 Å². The largest absolute Gasteiger partial charge is 0.384 e. The van der Waals surface area contributed by atoms with E-state index in [9.17, 15) is 9.90 Å². The number of aliphatic hydroxyl groups is 1. The fraction of sp³-hybridized carbons (Fsp3) is 0.280. The summed E-state index contributed by atoms with van der Waals surface area (Å²) in [7, 11) is 0. The van der Waals surface area contributed by atoms with Crippen LogP contribution in [-0.4, -0.2) is 15.9 Å². The van der Waals surface area contributed by atoms with Crippen LogP contribution < -0.4 is 0 Å². The van der Waals surface area contributed by atoms with Crippen LogP contribution in [0, 0.1) is 12.3 Å². The number of aliphatic hydroxyl groups excluding tert-OH is 1. The molecule has 2 aliphatic carbocycles. The molecule has 140 valence electrons. The quantitative estimate of drug-likeness (QED) is 0.635. The minimum absolute atomic E-state index is 0.105. The molecule has 0 radical (unpaired) electrons. The molecule has 1 aromatic heterocycles. The Hall–Kier alpha value is -2.78. The average molecular weight is 369 g/mol. The lowest BCUT2D eigenvalue weighted by molar-refractivity contribution is 0.0911. The van der Waals surface area contributed by atoms with E-state index in [0.29, 0.717) is 12.0 Å². The summed E-state index contributed by atoms with van der Waals surface area (Å²) in [5.74, 6) is 0.126. The predicted molar refractivity (Wildman–Crippen MR) is 110 cm³/mol. The van der Waals surface area contributed by atoms with E-state index in [4.69, 9.17) is 4.98 Å². The zero-order valence-corrected chi connectivity index (χ0v) is 16.4. The molecule has 0 spiro atoms. The molecule has 0 saturated carbocycles. The summed E-state index contributed by atoms with van der Waals surface area (Å²) in [6, 6.07) is 16.1. The number of rotatable bonds is 1. The van der Waals surface area contributed by atoms with E-state index in [2.05, 4.69) is 19.9 Å². The Balaban J connectivity index is 1.89. The van der Waals surface area contributed by atoms with E-state index in [1.165, 1.54) is 0 Å². The molecule has 0 bridgehead atoms. The third kappa shape index (κ3) is 2.46. The molecule has 1 heterocycles. The van der Waals surface area contributed by atoms with Crippen molar-refractivity contribution in [2.24, 2.45) is 5.41 Å². The van der Waals surface area contributed by atoms with Gasteiger partial charge in [0, 0.05) is 28.7 Å². The molecular formula is C25H23NO2. The second kappa shape index (κ2) is 5.86. The van der Waals surface area contributed by atoms with Crippen molar-refractivity contribution >= 4 is 5.78 Å². The van der Waals surface area contributed by atoms with Crippen molar-refractivity contribution in [3.8, 4) is 22.4 Å². The van der Waals surface area contributed by atoms with Crippen LogP contribution in [0.5, 0.6) is 0 Å². The molecule has 3 heteroatoms. The Labute approximate surface area is 165 Å². The first-order valence-electron chi connectivity index (χ1n) is 9.80. The SMILES string of the molecule is Cc1cccc(-c2c3c(nc4c2[C@H](O)c2ccccc2-4)CC(C)(C)CC3=O)c1. The van der Waals surface area contributed by atoms with Gasteiger partial charge in [0.25, 0.3) is 0 Å². The van der Waals surface area contributed by atoms with Crippen LogP contribution in [0.2, 0.25) is 0 Å². The summed E-state index contributed by atoms with van der Waals surface area (Å²) in [4.78, 5) is 18.2. The number of carbonyl (C=O) groups is 1. The van der Waals surface area contributed by atoms with Crippen LogP contribution in [0.15, 0.2) is 48.5 Å². The Morgan fingerprint density at radius 2 is 1.82 bits per heavy atom. The smallest absolute Gasteiger partial charge is 0.165 e. The minimum atomic E-state index is -0.762. The summed E-state index contributed by atoms with van der Waals surface area (Å²) in [5.41, 5.74) is 7.88. The normalized spacial score (nSPS) is 19.1. The number of benzene rings is 2. The Bertz CT molecular complexity index is 1140. The molecule has 3 nitrogen and oxygen atoms in total. The highest BCUT2D eigenvalue weighted by Crippen LogP contribution is 2.50. The fourth-order valence-electron chi connectivity index (χ4n) is 4.79. The van der Waals surface area contributed by atoms with E-state index in [1.807, 2.05) is 49.4 Å². The average Bonchev–Trinajstić information content (AvgIpc) is 2.92. The number of hydrogen-bond acceptors (Lipinski definition) is 3. The monoisotopic (exact) mass is 369 g/mol. The maximum absolute atomic E-state index is 13.2. The van der Waals surface area contributed by atoms with Gasteiger partial charge in [0.15, 0.2) is 5.78 Å². The lowest BCUT2D eigenvalue weighted by Gasteiger charge is -2.32. The minimum Gasteiger partial charge on any atom is -0.384 e. The van der Waals surface area contributed by atoms with Gasteiger partial charge in [0.05, 0.1) is 11.4 Å². The van der Waals surface area contributed by atoms with E-state index in [-0.39, 0.29) is 11.2 Å². The Kier molecular flexibility index (Phi) is 3.62. The highest BCUT2D eigenvalue weighted by molar-refractivity contribution is 6.07. The number of hydrogen-bond donors (Lipinski definition) is 1. The Morgan fingerprint density at radius 3 is 2.61 bits per heavy atom. The molecular weight excluding hydrogens is 346 g/mol. The van der Waals surface area contributed by atoms with Crippen molar-refractivity contribution < 1.29 is 9.90 Å². The number of carbonyl (C=O) groups excluding carboxylic acids is 1. The molecule has 0 amide bonds. The molecule has 3 aromatic rings. The van der Waals surface area contributed by atoms with Crippen molar-refractivity contribution in [1.82, 2.24) is 4.98 Å². The molecule has 0 saturated heterocycles. The highest BCUT2D eigenvalue weighted by atomic mass is 16.3. The first-order valence-corrected chi connectivity index (χ1v) is 9.80. The number of nitrogens with zero attached hydrogens (tertiary/aromatic N) is 1. The van der Waals surface area contributed by atoms with Crippen LogP contribution in [0.1, 0.15) is 59.1 Å². The van der Waals surface area contributed by atoms with Crippen molar-refractivity contribution in [3.05, 3.63) is 76.5 Å². The van der Waals surface area contributed by atoms with Crippen molar-refractivity contribution in [2.75, 3.05) is 0 Å². The third-order valence-electron chi connectivity index (χ3n) is 5.96. The zero-order chi connectivity index (χ0) is 19.6. The lowest BCUT2D eigenvalue weighted by Crippen LogP contribution is -2.29. The van der Waals surface area contributed by atoms with Gasteiger partial charge in [-0.1, -0.05) is 67.9 Å². The topological polar surface area (TPSA) is 50.2 Å². The molecule has 5 rings (SSSR count). The van der Waals surface area contributed by atoms with E-state index in [1.54, 1.807) is 0 Å². The van der Waals surface area contributed by atoms with Crippen LogP contribution in [0.4, 0.5) is 0 Å². The summed E-state index contributed by atoms with van der Waals surface area (Å²) < 4.78 is 0. The highest BCUT2D eigenvalue weighted by Gasteiger charge is 2.39. The molecule has 0 unspecified atom stereocenters. The number of fused-ring (bicyclic) bond motifs is 4. The summed E-state index contributed by atoms with van der Waals surface area (Å²) in [6.07, 6.45) is 0.503. The van der Waals surface area contributed by atoms with Gasteiger partial charge in [-0.15, -0.1) is 0 Å². The first-order chi connectivity index (χ1) is 13.4. The number of pyridine rings is 1. The maximum atomic E-state index is 13.2. The fourth-order valence-corrected chi connectivity index (χ4v) is 4.79. The summed E-state index contributed by atoms with van der Waals surface area (Å²) in [6.45, 7) is 6.29. The molecule has 0 fully saturated rings. The second-order valence-electron chi connectivity index (χ2n) is 8.87. The van der Waals surface area contributed by atoms with Gasteiger partial charge in [0.2, 0.25) is 0 Å². The Morgan fingerprint density at radius 1 is 1.04 bits per heavy atom. The number of Topliss-reactive ketones (excluding diaryl/α,β-unsaturated/α-hetero) is 1. The van der Waals surface area contributed by atoms with Crippen molar-refractivity contribution in [1.29, 1.82) is 0 Å². The first kappa shape index (κ1) is 17.3. The summed E-state index contributed by atoms with van der Waals surface area (Å²) >= 11 is 0. The van der Waals surface area contributed by atoms with Gasteiger partial charge in [-0.2, -0.15) is 0 Å². The van der Waals surface area contributed by atoms with Crippen molar-refractivity contribution in [2.45, 2.75) is 39.7 Å². The molecule has 2 aromatic carbocycles. The van der Waals surface area contributed by atoms with Gasteiger partial charge in [-0.3, -0.25) is 9.78 Å². The molecule has 28 heavy (non-hydrogen) atoms. The molecule has 2 aliphatic rings. The number of ketones is 1. The van der Waals surface area contributed by atoms with Gasteiger partial charge < -0.3 is 5.11 Å². The van der Waals surface area contributed by atoms with Gasteiger partial charge in [-0.25, -0.2) is 0 Å².